The van der Waals surface area contributed by atoms with Gasteiger partial charge in [0.25, 0.3) is 0 Å². The lowest BCUT2D eigenvalue weighted by atomic mass is 10.1. The van der Waals surface area contributed by atoms with Gasteiger partial charge < -0.3 is 20.7 Å². The molecule has 1 aromatic carbocycles. The number of hydrogen-bond donors (Lipinski definition) is 2. The van der Waals surface area contributed by atoms with Gasteiger partial charge in [-0.1, -0.05) is 0 Å². The number of amides is 1. The van der Waals surface area contributed by atoms with Crippen LogP contribution in [0.15, 0.2) is 18.2 Å². The van der Waals surface area contributed by atoms with Crippen molar-refractivity contribution in [1.82, 2.24) is 0 Å². The molecular formula is C12H15N3O2. The molecule has 5 nitrogen and oxygen atoms in total. The van der Waals surface area contributed by atoms with Gasteiger partial charge in [-0.25, -0.2) is 0 Å². The molecule has 0 spiro atoms. The smallest absolute Gasteiger partial charge is 0.245 e. The summed E-state index contributed by atoms with van der Waals surface area (Å²) in [7, 11) is 0. The zero-order valence-electron chi connectivity index (χ0n) is 9.48. The van der Waals surface area contributed by atoms with E-state index in [0.29, 0.717) is 0 Å². The zero-order valence-corrected chi connectivity index (χ0v) is 9.48. The third kappa shape index (κ3) is 1.77. The molecule has 3 rings (SSSR count). The lowest BCUT2D eigenvalue weighted by molar-refractivity contribution is -0.116. The number of carbonyl (C=O) groups is 1. The average molecular weight is 233 g/mol. The quantitative estimate of drug-likeness (QED) is 0.740. The van der Waals surface area contributed by atoms with E-state index in [9.17, 15) is 4.79 Å². The number of anilines is 2. The lowest BCUT2D eigenvalue weighted by Crippen LogP contribution is -2.36. The van der Waals surface area contributed by atoms with Gasteiger partial charge >= 0.3 is 0 Å². The standard InChI is InChI=1S/C12H15N3O2/c13-11-9-7-8(15-3-5-17-6-4-15)1-2-10(9)14-12(11)16/h1-2,7,11H,3-6,13H2,(H,14,16). The zero-order chi connectivity index (χ0) is 11.8. The Hall–Kier alpha value is -1.59. The molecule has 0 bridgehead atoms. The first-order valence-electron chi connectivity index (χ1n) is 5.79. The second kappa shape index (κ2) is 4.01. The number of benzene rings is 1. The van der Waals surface area contributed by atoms with E-state index in [2.05, 4.69) is 10.2 Å². The Bertz CT molecular complexity index is 455. The van der Waals surface area contributed by atoms with Crippen molar-refractivity contribution < 1.29 is 9.53 Å². The first kappa shape index (κ1) is 10.6. The Morgan fingerprint density at radius 2 is 2.12 bits per heavy atom. The van der Waals surface area contributed by atoms with Gasteiger partial charge in [0.2, 0.25) is 5.91 Å². The van der Waals surface area contributed by atoms with E-state index in [1.54, 1.807) is 0 Å². The van der Waals surface area contributed by atoms with E-state index in [4.69, 9.17) is 10.5 Å². The third-order valence-corrected chi connectivity index (χ3v) is 3.29. The molecule has 0 aliphatic carbocycles. The number of nitrogens with one attached hydrogen (secondary N) is 1. The molecule has 17 heavy (non-hydrogen) atoms. The number of hydrogen-bond acceptors (Lipinski definition) is 4. The van der Waals surface area contributed by atoms with Crippen molar-refractivity contribution in [1.29, 1.82) is 0 Å². The fourth-order valence-electron chi connectivity index (χ4n) is 2.29. The van der Waals surface area contributed by atoms with Gasteiger partial charge in [0.1, 0.15) is 6.04 Å². The molecular weight excluding hydrogens is 218 g/mol. The van der Waals surface area contributed by atoms with Crippen molar-refractivity contribution in [2.75, 3.05) is 36.5 Å². The molecule has 1 saturated heterocycles. The van der Waals surface area contributed by atoms with E-state index in [1.165, 1.54) is 0 Å². The number of carbonyl (C=O) groups excluding carboxylic acids is 1. The largest absolute Gasteiger partial charge is 0.378 e. The molecule has 1 atom stereocenters. The number of fused-ring (bicyclic) bond motifs is 1. The molecule has 1 fully saturated rings. The second-order valence-corrected chi connectivity index (χ2v) is 4.34. The van der Waals surface area contributed by atoms with Crippen molar-refractivity contribution >= 4 is 17.3 Å². The maximum absolute atomic E-state index is 11.4. The molecule has 2 heterocycles. The van der Waals surface area contributed by atoms with Crippen LogP contribution in [-0.2, 0) is 9.53 Å². The normalized spacial score (nSPS) is 23.5. The number of ether oxygens (including phenoxy) is 1. The highest BCUT2D eigenvalue weighted by Crippen LogP contribution is 2.32. The van der Waals surface area contributed by atoms with Crippen molar-refractivity contribution in [3.8, 4) is 0 Å². The van der Waals surface area contributed by atoms with Gasteiger partial charge in [0.05, 0.1) is 13.2 Å². The monoisotopic (exact) mass is 233 g/mol. The summed E-state index contributed by atoms with van der Waals surface area (Å²) in [5.74, 6) is -0.126. The fourth-order valence-corrected chi connectivity index (χ4v) is 2.29. The van der Waals surface area contributed by atoms with Crippen LogP contribution in [0.25, 0.3) is 0 Å². The van der Waals surface area contributed by atoms with Crippen LogP contribution >= 0.6 is 0 Å². The summed E-state index contributed by atoms with van der Waals surface area (Å²) in [6, 6.07) is 5.40. The lowest BCUT2D eigenvalue weighted by Gasteiger charge is -2.29. The van der Waals surface area contributed by atoms with Gasteiger partial charge in [-0.15, -0.1) is 0 Å². The summed E-state index contributed by atoms with van der Waals surface area (Å²) < 4.78 is 5.32. The fraction of sp³-hybridized carbons (Fsp3) is 0.417. The van der Waals surface area contributed by atoms with E-state index in [1.807, 2.05) is 18.2 Å². The molecule has 0 aromatic heterocycles. The predicted octanol–water partition coefficient (Wildman–Crippen LogP) is 0.475. The molecule has 5 heteroatoms. The van der Waals surface area contributed by atoms with Gasteiger partial charge in [0.15, 0.2) is 0 Å². The van der Waals surface area contributed by atoms with Crippen LogP contribution in [0.2, 0.25) is 0 Å². The minimum Gasteiger partial charge on any atom is -0.378 e. The molecule has 3 N–H and O–H groups in total. The van der Waals surface area contributed by atoms with Crippen LogP contribution < -0.4 is 16.0 Å². The Labute approximate surface area is 99.5 Å². The third-order valence-electron chi connectivity index (χ3n) is 3.29. The number of rotatable bonds is 1. The number of nitrogens with two attached hydrogens (primary N) is 1. The maximum atomic E-state index is 11.4. The first-order chi connectivity index (χ1) is 8.25. The molecule has 1 amide bonds. The van der Waals surface area contributed by atoms with E-state index < -0.39 is 6.04 Å². The summed E-state index contributed by atoms with van der Waals surface area (Å²) >= 11 is 0. The molecule has 0 radical (unpaired) electrons. The summed E-state index contributed by atoms with van der Waals surface area (Å²) in [4.78, 5) is 13.7. The van der Waals surface area contributed by atoms with Gasteiger partial charge in [-0.05, 0) is 18.2 Å². The molecule has 1 aromatic rings. The topological polar surface area (TPSA) is 67.6 Å². The summed E-state index contributed by atoms with van der Waals surface area (Å²) in [5, 5.41) is 2.77. The second-order valence-electron chi connectivity index (χ2n) is 4.34. The van der Waals surface area contributed by atoms with Crippen LogP contribution in [-0.4, -0.2) is 32.2 Å². The first-order valence-corrected chi connectivity index (χ1v) is 5.79. The van der Waals surface area contributed by atoms with Gasteiger partial charge in [-0.3, -0.25) is 4.79 Å². The van der Waals surface area contributed by atoms with E-state index in [0.717, 1.165) is 43.2 Å². The maximum Gasteiger partial charge on any atom is 0.245 e. The van der Waals surface area contributed by atoms with Crippen LogP contribution in [0, 0.1) is 0 Å². The van der Waals surface area contributed by atoms with Gasteiger partial charge in [-0.2, -0.15) is 0 Å². The van der Waals surface area contributed by atoms with Crippen molar-refractivity contribution in [3.05, 3.63) is 23.8 Å². The van der Waals surface area contributed by atoms with Crippen LogP contribution in [0.3, 0.4) is 0 Å². The Kier molecular flexibility index (Phi) is 2.49. The Morgan fingerprint density at radius 1 is 1.35 bits per heavy atom. The van der Waals surface area contributed by atoms with Crippen molar-refractivity contribution in [2.24, 2.45) is 5.73 Å². The molecule has 1 unspecified atom stereocenters. The van der Waals surface area contributed by atoms with Crippen molar-refractivity contribution in [3.63, 3.8) is 0 Å². The number of nitrogens with zero attached hydrogens (tertiary/aromatic N) is 1. The predicted molar refractivity (Wildman–Crippen MR) is 65.0 cm³/mol. The van der Waals surface area contributed by atoms with E-state index in [-0.39, 0.29) is 5.91 Å². The minimum absolute atomic E-state index is 0.126. The van der Waals surface area contributed by atoms with E-state index >= 15 is 0 Å². The molecule has 90 valence electrons. The highest BCUT2D eigenvalue weighted by atomic mass is 16.5. The van der Waals surface area contributed by atoms with Crippen molar-refractivity contribution in [2.45, 2.75) is 6.04 Å². The summed E-state index contributed by atoms with van der Waals surface area (Å²) in [5.41, 5.74) is 8.66. The molecule has 2 aliphatic rings. The SMILES string of the molecule is NC1C(=O)Nc2ccc(N3CCOCC3)cc21. The molecule has 2 aliphatic heterocycles. The van der Waals surface area contributed by atoms with Gasteiger partial charge in [0, 0.05) is 30.0 Å². The van der Waals surface area contributed by atoms with Crippen LogP contribution in [0.1, 0.15) is 11.6 Å². The highest BCUT2D eigenvalue weighted by Gasteiger charge is 2.27. The highest BCUT2D eigenvalue weighted by molar-refractivity contribution is 6.02. The molecule has 0 saturated carbocycles. The summed E-state index contributed by atoms with van der Waals surface area (Å²) in [6.07, 6.45) is 0. The Morgan fingerprint density at radius 3 is 2.88 bits per heavy atom. The van der Waals surface area contributed by atoms with Crippen LogP contribution in [0.5, 0.6) is 0 Å². The minimum atomic E-state index is -0.536. The number of morpholine rings is 1. The average Bonchev–Trinajstić information content (AvgIpc) is 2.66. The summed E-state index contributed by atoms with van der Waals surface area (Å²) in [6.45, 7) is 3.27. The Balaban J connectivity index is 1.91. The van der Waals surface area contributed by atoms with Crippen LogP contribution in [0.4, 0.5) is 11.4 Å².